The molecule has 0 saturated carbocycles. The standard InChI is InChI=1S/C13H12BN7O/c14-10-8-16-21(19-10)13-17-9-2-1-3-15-11(9)12(18-13)20-4-6-22-7-5-20/h1-3,8H,4-7H2. The number of aromatic nitrogens is 6. The SMILES string of the molecule is [B]c1cnn(-c2nc(N3CCOCC3)c3ncccc3n2)n1. The molecule has 0 spiro atoms. The van der Waals surface area contributed by atoms with Crippen molar-refractivity contribution in [3.63, 3.8) is 0 Å². The fourth-order valence-corrected chi connectivity index (χ4v) is 2.40. The Balaban J connectivity index is 1.88. The van der Waals surface area contributed by atoms with Gasteiger partial charge in [0.1, 0.15) is 13.4 Å². The summed E-state index contributed by atoms with van der Waals surface area (Å²) in [5, 5.41) is 8.14. The molecule has 1 aliphatic rings. The first-order valence-electron chi connectivity index (χ1n) is 6.95. The molecule has 0 N–H and O–H groups in total. The predicted molar refractivity (Wildman–Crippen MR) is 80.7 cm³/mol. The maximum Gasteiger partial charge on any atom is 0.271 e. The van der Waals surface area contributed by atoms with Crippen LogP contribution >= 0.6 is 0 Å². The molecule has 8 nitrogen and oxygen atoms in total. The van der Waals surface area contributed by atoms with Crippen LogP contribution in [0.1, 0.15) is 0 Å². The lowest BCUT2D eigenvalue weighted by Gasteiger charge is -2.28. The van der Waals surface area contributed by atoms with E-state index in [-0.39, 0.29) is 0 Å². The van der Waals surface area contributed by atoms with Gasteiger partial charge < -0.3 is 9.64 Å². The minimum atomic E-state index is 0.322. The van der Waals surface area contributed by atoms with Crippen LogP contribution in [0.3, 0.4) is 0 Å². The molecule has 0 atom stereocenters. The summed E-state index contributed by atoms with van der Waals surface area (Å²) >= 11 is 0. The lowest BCUT2D eigenvalue weighted by Crippen LogP contribution is -2.37. The van der Waals surface area contributed by atoms with E-state index in [0.29, 0.717) is 24.8 Å². The van der Waals surface area contributed by atoms with Crippen LogP contribution in [0.25, 0.3) is 17.0 Å². The highest BCUT2D eigenvalue weighted by Crippen LogP contribution is 2.23. The second-order valence-corrected chi connectivity index (χ2v) is 4.88. The smallest absolute Gasteiger partial charge is 0.271 e. The fourth-order valence-electron chi connectivity index (χ4n) is 2.40. The lowest BCUT2D eigenvalue weighted by molar-refractivity contribution is 0.122. The molecular formula is C13H12BN7O. The molecule has 0 amide bonds. The molecule has 0 bridgehead atoms. The summed E-state index contributed by atoms with van der Waals surface area (Å²) in [5.74, 6) is 1.14. The van der Waals surface area contributed by atoms with Gasteiger partial charge in [-0.15, -0.1) is 4.80 Å². The zero-order chi connectivity index (χ0) is 14.9. The van der Waals surface area contributed by atoms with Crippen molar-refractivity contribution in [1.29, 1.82) is 0 Å². The number of ether oxygens (including phenoxy) is 1. The molecule has 108 valence electrons. The van der Waals surface area contributed by atoms with Gasteiger partial charge in [0.15, 0.2) is 5.82 Å². The van der Waals surface area contributed by atoms with Crippen LogP contribution in [-0.2, 0) is 4.74 Å². The highest BCUT2D eigenvalue weighted by atomic mass is 16.5. The van der Waals surface area contributed by atoms with Gasteiger partial charge in [0.05, 0.1) is 24.9 Å². The molecule has 1 fully saturated rings. The van der Waals surface area contributed by atoms with Crippen molar-refractivity contribution in [3.8, 4) is 5.95 Å². The van der Waals surface area contributed by atoms with Crippen LogP contribution in [0.2, 0.25) is 0 Å². The van der Waals surface area contributed by atoms with E-state index in [0.717, 1.165) is 29.9 Å². The second-order valence-electron chi connectivity index (χ2n) is 4.88. The molecule has 3 aromatic heterocycles. The fraction of sp³-hybridized carbons (Fsp3) is 0.308. The molecule has 0 unspecified atom stereocenters. The highest BCUT2D eigenvalue weighted by Gasteiger charge is 2.19. The summed E-state index contributed by atoms with van der Waals surface area (Å²) in [6.45, 7) is 2.86. The Morgan fingerprint density at radius 2 is 2.05 bits per heavy atom. The third-order valence-electron chi connectivity index (χ3n) is 3.42. The summed E-state index contributed by atoms with van der Waals surface area (Å²) in [6, 6.07) is 3.73. The van der Waals surface area contributed by atoms with Crippen LogP contribution in [-0.4, -0.2) is 64.1 Å². The Kier molecular flexibility index (Phi) is 3.19. The highest BCUT2D eigenvalue weighted by molar-refractivity contribution is 6.30. The number of fused-ring (bicyclic) bond motifs is 1. The van der Waals surface area contributed by atoms with Crippen molar-refractivity contribution in [2.24, 2.45) is 0 Å². The van der Waals surface area contributed by atoms with E-state index in [1.54, 1.807) is 6.20 Å². The lowest BCUT2D eigenvalue weighted by atomic mass is 10.1. The minimum absolute atomic E-state index is 0.322. The van der Waals surface area contributed by atoms with E-state index in [1.165, 1.54) is 11.0 Å². The van der Waals surface area contributed by atoms with Gasteiger partial charge in [0.2, 0.25) is 0 Å². The summed E-state index contributed by atoms with van der Waals surface area (Å²) in [6.07, 6.45) is 3.20. The number of hydrogen-bond acceptors (Lipinski definition) is 7. The number of anilines is 1. The molecular weight excluding hydrogens is 281 g/mol. The minimum Gasteiger partial charge on any atom is -0.378 e. The summed E-state index contributed by atoms with van der Waals surface area (Å²) < 4.78 is 5.40. The van der Waals surface area contributed by atoms with E-state index in [2.05, 4.69) is 30.0 Å². The Labute approximate surface area is 127 Å². The van der Waals surface area contributed by atoms with Crippen molar-refractivity contribution >= 4 is 30.3 Å². The van der Waals surface area contributed by atoms with Crippen LogP contribution < -0.4 is 10.5 Å². The van der Waals surface area contributed by atoms with Crippen molar-refractivity contribution in [2.75, 3.05) is 31.2 Å². The maximum absolute atomic E-state index is 5.62. The molecule has 3 aromatic rings. The van der Waals surface area contributed by atoms with E-state index < -0.39 is 0 Å². The van der Waals surface area contributed by atoms with Crippen molar-refractivity contribution in [2.45, 2.75) is 0 Å². The average Bonchev–Trinajstić information content (AvgIpc) is 3.01. The van der Waals surface area contributed by atoms with E-state index >= 15 is 0 Å². The summed E-state index contributed by atoms with van der Waals surface area (Å²) in [4.78, 5) is 16.9. The van der Waals surface area contributed by atoms with E-state index in [9.17, 15) is 0 Å². The number of morpholine rings is 1. The van der Waals surface area contributed by atoms with Gasteiger partial charge in [-0.2, -0.15) is 15.2 Å². The number of pyridine rings is 1. The quantitative estimate of drug-likeness (QED) is 0.574. The van der Waals surface area contributed by atoms with Gasteiger partial charge in [0.25, 0.3) is 5.95 Å². The van der Waals surface area contributed by atoms with Crippen molar-refractivity contribution in [1.82, 2.24) is 29.9 Å². The van der Waals surface area contributed by atoms with Gasteiger partial charge in [-0.25, -0.2) is 4.98 Å². The average molecular weight is 293 g/mol. The molecule has 1 aliphatic heterocycles. The molecule has 4 rings (SSSR count). The monoisotopic (exact) mass is 293 g/mol. The van der Waals surface area contributed by atoms with Crippen molar-refractivity contribution in [3.05, 3.63) is 24.5 Å². The van der Waals surface area contributed by atoms with E-state index in [4.69, 9.17) is 12.6 Å². The largest absolute Gasteiger partial charge is 0.378 e. The van der Waals surface area contributed by atoms with Gasteiger partial charge >= 0.3 is 0 Å². The zero-order valence-corrected chi connectivity index (χ0v) is 11.8. The Bertz CT molecular complexity index is 815. The Morgan fingerprint density at radius 3 is 2.82 bits per heavy atom. The molecule has 4 heterocycles. The molecule has 2 radical (unpaired) electrons. The molecule has 0 aromatic carbocycles. The topological polar surface area (TPSA) is 81.9 Å². The number of nitrogens with zero attached hydrogens (tertiary/aromatic N) is 7. The molecule has 22 heavy (non-hydrogen) atoms. The number of hydrogen-bond donors (Lipinski definition) is 0. The van der Waals surface area contributed by atoms with Gasteiger partial charge in [-0.05, 0) is 12.1 Å². The Hall–Kier alpha value is -2.55. The molecule has 1 saturated heterocycles. The van der Waals surface area contributed by atoms with Crippen molar-refractivity contribution < 1.29 is 4.74 Å². The third kappa shape index (κ3) is 2.29. The first kappa shape index (κ1) is 13.1. The predicted octanol–water partition coefficient (Wildman–Crippen LogP) is -0.764. The maximum atomic E-state index is 5.62. The Morgan fingerprint density at radius 1 is 1.18 bits per heavy atom. The van der Waals surface area contributed by atoms with Crippen LogP contribution in [0.4, 0.5) is 5.82 Å². The second kappa shape index (κ2) is 5.34. The van der Waals surface area contributed by atoms with Crippen LogP contribution in [0.5, 0.6) is 0 Å². The zero-order valence-electron chi connectivity index (χ0n) is 11.8. The van der Waals surface area contributed by atoms with Gasteiger partial charge in [0, 0.05) is 24.9 Å². The molecule has 9 heteroatoms. The van der Waals surface area contributed by atoms with Crippen LogP contribution in [0, 0.1) is 0 Å². The summed E-state index contributed by atoms with van der Waals surface area (Å²) in [7, 11) is 5.62. The van der Waals surface area contributed by atoms with Crippen LogP contribution in [0.15, 0.2) is 24.5 Å². The normalized spacial score (nSPS) is 15.4. The number of rotatable bonds is 2. The van der Waals surface area contributed by atoms with E-state index in [1.807, 2.05) is 12.1 Å². The first-order valence-corrected chi connectivity index (χ1v) is 6.95. The van der Waals surface area contributed by atoms with Gasteiger partial charge in [-0.3, -0.25) is 4.98 Å². The molecule has 0 aliphatic carbocycles. The first-order chi connectivity index (χ1) is 10.8. The third-order valence-corrected chi connectivity index (χ3v) is 3.42. The van der Waals surface area contributed by atoms with Gasteiger partial charge in [-0.1, -0.05) is 0 Å². The summed E-state index contributed by atoms with van der Waals surface area (Å²) in [5.41, 5.74) is 1.82.